The molecule has 0 aliphatic carbocycles. The Bertz CT molecular complexity index is 1050. The summed E-state index contributed by atoms with van der Waals surface area (Å²) in [5.74, 6) is -0.459. The monoisotopic (exact) mass is 448 g/mol. The molecule has 1 atom stereocenters. The van der Waals surface area contributed by atoms with Gasteiger partial charge in [-0.15, -0.1) is 4.40 Å². The van der Waals surface area contributed by atoms with Crippen LogP contribution in [0.4, 0.5) is 5.69 Å². The molecule has 2 N–H and O–H groups in total. The number of sulfonamides is 1. The molecular formula is C21H25ClN4O3S. The molecule has 0 spiro atoms. The third-order valence-electron chi connectivity index (χ3n) is 4.86. The maximum Gasteiger partial charge on any atom is 0.284 e. The summed E-state index contributed by atoms with van der Waals surface area (Å²) in [7, 11) is -0.427. The summed E-state index contributed by atoms with van der Waals surface area (Å²) >= 11 is 6.23. The van der Waals surface area contributed by atoms with Crippen LogP contribution in [-0.2, 0) is 27.8 Å². The first-order valence-corrected chi connectivity index (χ1v) is 11.4. The van der Waals surface area contributed by atoms with Crippen LogP contribution in [0, 0.1) is 0 Å². The number of aldehydes is 1. The molecule has 7 nitrogen and oxygen atoms in total. The van der Waals surface area contributed by atoms with Crippen molar-refractivity contribution in [2.24, 2.45) is 4.40 Å². The molecule has 160 valence electrons. The second kappa shape index (κ2) is 9.59. The SMILES string of the molecule is CN(C)/C=N/S(=O)(=O)c1cc(NCC(C=O)c2ccccc2Cl)cc2c1CCNC2. The summed E-state index contributed by atoms with van der Waals surface area (Å²) in [6.07, 6.45) is 2.73. The highest BCUT2D eigenvalue weighted by molar-refractivity contribution is 7.90. The Balaban J connectivity index is 1.92. The minimum atomic E-state index is -3.85. The van der Waals surface area contributed by atoms with Gasteiger partial charge in [-0.05, 0) is 47.9 Å². The van der Waals surface area contributed by atoms with Crippen LogP contribution in [0.2, 0.25) is 5.02 Å². The molecule has 3 rings (SSSR count). The number of halogens is 1. The van der Waals surface area contributed by atoms with Gasteiger partial charge in [0.2, 0.25) is 0 Å². The number of hydrogen-bond acceptors (Lipinski definition) is 5. The van der Waals surface area contributed by atoms with E-state index < -0.39 is 15.9 Å². The van der Waals surface area contributed by atoms with Gasteiger partial charge in [0.25, 0.3) is 10.0 Å². The molecule has 30 heavy (non-hydrogen) atoms. The van der Waals surface area contributed by atoms with Crippen LogP contribution in [0.15, 0.2) is 45.7 Å². The number of nitrogens with one attached hydrogen (secondary N) is 2. The van der Waals surface area contributed by atoms with E-state index >= 15 is 0 Å². The van der Waals surface area contributed by atoms with Gasteiger partial charge in [0.1, 0.15) is 12.6 Å². The highest BCUT2D eigenvalue weighted by Crippen LogP contribution is 2.30. The van der Waals surface area contributed by atoms with Crippen molar-refractivity contribution >= 4 is 39.9 Å². The predicted octanol–water partition coefficient (Wildman–Crippen LogP) is 2.66. The predicted molar refractivity (Wildman–Crippen MR) is 120 cm³/mol. The molecule has 0 fully saturated rings. The molecule has 0 bridgehead atoms. The van der Waals surface area contributed by atoms with Crippen LogP contribution in [0.5, 0.6) is 0 Å². The Labute approximate surface area is 182 Å². The average Bonchev–Trinajstić information content (AvgIpc) is 2.73. The minimum Gasteiger partial charge on any atom is -0.384 e. The average molecular weight is 449 g/mol. The third-order valence-corrected chi connectivity index (χ3v) is 6.49. The second-order valence-corrected chi connectivity index (χ2v) is 9.35. The molecule has 2 aromatic carbocycles. The minimum absolute atomic E-state index is 0.197. The van der Waals surface area contributed by atoms with Crippen LogP contribution in [-0.4, -0.2) is 53.1 Å². The van der Waals surface area contributed by atoms with Gasteiger partial charge in [-0.2, -0.15) is 8.42 Å². The Morgan fingerprint density at radius 3 is 2.77 bits per heavy atom. The Hall–Kier alpha value is -2.42. The fourth-order valence-electron chi connectivity index (χ4n) is 3.36. The lowest BCUT2D eigenvalue weighted by Gasteiger charge is -2.22. The van der Waals surface area contributed by atoms with E-state index in [9.17, 15) is 13.2 Å². The molecule has 1 heterocycles. The van der Waals surface area contributed by atoms with Gasteiger partial charge in [-0.25, -0.2) is 0 Å². The van der Waals surface area contributed by atoms with Gasteiger partial charge in [0.15, 0.2) is 0 Å². The first-order chi connectivity index (χ1) is 14.3. The van der Waals surface area contributed by atoms with Crippen LogP contribution in [0.25, 0.3) is 0 Å². The van der Waals surface area contributed by atoms with Crippen molar-refractivity contribution < 1.29 is 13.2 Å². The Kier molecular flexibility index (Phi) is 7.12. The lowest BCUT2D eigenvalue weighted by molar-refractivity contribution is -0.108. The van der Waals surface area contributed by atoms with Crippen molar-refractivity contribution in [2.45, 2.75) is 23.8 Å². The molecular weight excluding hydrogens is 424 g/mol. The summed E-state index contributed by atoms with van der Waals surface area (Å²) in [6.45, 7) is 1.58. The van der Waals surface area contributed by atoms with Gasteiger partial charge >= 0.3 is 0 Å². The summed E-state index contributed by atoms with van der Waals surface area (Å²) in [5, 5.41) is 6.99. The molecule has 1 aliphatic rings. The topological polar surface area (TPSA) is 90.9 Å². The van der Waals surface area contributed by atoms with Crippen molar-refractivity contribution in [1.29, 1.82) is 0 Å². The standard InChI is InChI=1S/C21H25ClN4O3S/c1-26(2)14-25-30(28,29)21-10-17(9-15-11-23-8-7-19(15)21)24-12-16(13-27)18-5-3-4-6-20(18)22/h3-6,9-10,13-14,16,23-24H,7-8,11-12H2,1-2H3/b25-14+. The van der Waals surface area contributed by atoms with Crippen molar-refractivity contribution in [3.8, 4) is 0 Å². The van der Waals surface area contributed by atoms with E-state index in [4.69, 9.17) is 11.6 Å². The number of rotatable bonds is 8. The summed E-state index contributed by atoms with van der Waals surface area (Å²) in [4.78, 5) is 13.4. The van der Waals surface area contributed by atoms with E-state index in [1.807, 2.05) is 24.3 Å². The molecule has 0 aromatic heterocycles. The quantitative estimate of drug-likeness (QED) is 0.366. The molecule has 9 heteroatoms. The zero-order chi connectivity index (χ0) is 21.7. The molecule has 2 aromatic rings. The van der Waals surface area contributed by atoms with E-state index in [0.717, 1.165) is 23.0 Å². The highest BCUT2D eigenvalue weighted by Gasteiger charge is 2.23. The van der Waals surface area contributed by atoms with Gasteiger partial charge in [0, 0.05) is 37.9 Å². The number of benzene rings is 2. The van der Waals surface area contributed by atoms with Gasteiger partial charge in [0.05, 0.1) is 10.8 Å². The van der Waals surface area contributed by atoms with E-state index in [1.165, 1.54) is 6.34 Å². The number of hydrogen-bond donors (Lipinski definition) is 2. The van der Waals surface area contributed by atoms with Crippen LogP contribution >= 0.6 is 11.6 Å². The molecule has 0 radical (unpaired) electrons. The second-order valence-electron chi connectivity index (χ2n) is 7.34. The third kappa shape index (κ3) is 5.19. The smallest absolute Gasteiger partial charge is 0.284 e. The number of carbonyl (C=O) groups excluding carboxylic acids is 1. The summed E-state index contributed by atoms with van der Waals surface area (Å²) < 4.78 is 29.5. The van der Waals surface area contributed by atoms with Crippen molar-refractivity contribution in [3.63, 3.8) is 0 Å². The van der Waals surface area contributed by atoms with Gasteiger partial charge in [-0.1, -0.05) is 29.8 Å². The molecule has 0 saturated heterocycles. The Morgan fingerprint density at radius 1 is 1.30 bits per heavy atom. The number of nitrogens with zero attached hydrogens (tertiary/aromatic N) is 2. The molecule has 1 aliphatic heterocycles. The van der Waals surface area contributed by atoms with Gasteiger partial charge < -0.3 is 20.3 Å². The van der Waals surface area contributed by atoms with Crippen molar-refractivity contribution in [2.75, 3.05) is 32.5 Å². The lowest BCUT2D eigenvalue weighted by Crippen LogP contribution is -2.26. The fourth-order valence-corrected chi connectivity index (χ4v) is 4.88. The van der Waals surface area contributed by atoms with Crippen LogP contribution in [0.1, 0.15) is 22.6 Å². The van der Waals surface area contributed by atoms with Crippen LogP contribution < -0.4 is 10.6 Å². The number of anilines is 1. The maximum atomic E-state index is 12.9. The van der Waals surface area contributed by atoms with E-state index in [2.05, 4.69) is 15.0 Å². The van der Waals surface area contributed by atoms with Crippen LogP contribution in [0.3, 0.4) is 0 Å². The Morgan fingerprint density at radius 2 is 2.07 bits per heavy atom. The van der Waals surface area contributed by atoms with Crippen molar-refractivity contribution in [1.82, 2.24) is 10.2 Å². The van der Waals surface area contributed by atoms with E-state index in [-0.39, 0.29) is 4.90 Å². The normalized spacial score (nSPS) is 14.9. The molecule has 1 unspecified atom stereocenters. The lowest BCUT2D eigenvalue weighted by atomic mass is 9.99. The first kappa shape index (κ1) is 22.3. The summed E-state index contributed by atoms with van der Waals surface area (Å²) in [5.41, 5.74) is 3.04. The fraction of sp³-hybridized carbons (Fsp3) is 0.333. The van der Waals surface area contributed by atoms with Crippen molar-refractivity contribution in [3.05, 3.63) is 58.1 Å². The molecule has 0 amide bonds. The van der Waals surface area contributed by atoms with E-state index in [1.54, 1.807) is 31.1 Å². The molecule has 0 saturated carbocycles. The summed E-state index contributed by atoms with van der Waals surface area (Å²) in [6, 6.07) is 10.7. The highest BCUT2D eigenvalue weighted by atomic mass is 35.5. The number of carbonyl (C=O) groups is 1. The largest absolute Gasteiger partial charge is 0.384 e. The van der Waals surface area contributed by atoms with E-state index in [0.29, 0.717) is 36.8 Å². The van der Waals surface area contributed by atoms with Gasteiger partial charge in [-0.3, -0.25) is 0 Å². The maximum absolute atomic E-state index is 12.9. The number of fused-ring (bicyclic) bond motifs is 1. The first-order valence-electron chi connectivity index (χ1n) is 9.59. The zero-order valence-electron chi connectivity index (χ0n) is 16.9. The zero-order valence-corrected chi connectivity index (χ0v) is 18.5.